The molecule has 2 heterocycles. The number of carbonyl (C=O) groups is 3. The summed E-state index contributed by atoms with van der Waals surface area (Å²) in [5.74, 6) is -1.99. The number of rotatable bonds is 6. The van der Waals surface area contributed by atoms with Crippen molar-refractivity contribution < 1.29 is 33.0 Å². The molecule has 0 bridgehead atoms. The Kier molecular flexibility index (Phi) is 6.15. The minimum atomic E-state index is -1.17. The number of hydrogen-bond donors (Lipinski definition) is 2. The summed E-state index contributed by atoms with van der Waals surface area (Å²) in [4.78, 5) is 37.5. The zero-order valence-electron chi connectivity index (χ0n) is 16.2. The van der Waals surface area contributed by atoms with Gasteiger partial charge in [-0.1, -0.05) is 0 Å². The molecule has 0 aliphatic carbocycles. The minimum absolute atomic E-state index is 0.0423. The molecule has 3 amide bonds. The summed E-state index contributed by atoms with van der Waals surface area (Å²) in [6, 6.07) is 4.17. The van der Waals surface area contributed by atoms with E-state index in [1.54, 1.807) is 6.92 Å². The van der Waals surface area contributed by atoms with E-state index in [2.05, 4.69) is 10.4 Å². The van der Waals surface area contributed by atoms with Gasteiger partial charge < -0.3 is 20.1 Å². The average Bonchev–Trinajstić information content (AvgIpc) is 3.06. The molecular weight excluding hydrogens is 404 g/mol. The number of anilines is 2. The Morgan fingerprint density at radius 2 is 2.13 bits per heavy atom. The number of carbonyl (C=O) groups excluding carboxylic acids is 3. The molecule has 3 rings (SSSR count). The van der Waals surface area contributed by atoms with Gasteiger partial charge in [-0.05, 0) is 25.1 Å². The molecule has 1 saturated heterocycles. The van der Waals surface area contributed by atoms with E-state index < -0.39 is 42.6 Å². The van der Waals surface area contributed by atoms with Crippen molar-refractivity contribution in [2.24, 2.45) is 5.10 Å². The van der Waals surface area contributed by atoms with E-state index in [-0.39, 0.29) is 37.6 Å². The Balaban J connectivity index is 1.70. The largest absolute Gasteiger partial charge is 0.439 e. The first-order valence-corrected chi connectivity index (χ1v) is 9.11. The number of amides is 3. The summed E-state index contributed by atoms with van der Waals surface area (Å²) < 4.78 is 32.3. The maximum Gasteiger partial charge on any atom is 0.415 e. The number of hydrazone groups is 1. The van der Waals surface area contributed by atoms with Crippen LogP contribution in [0, 0.1) is 5.82 Å². The first-order valence-electron chi connectivity index (χ1n) is 9.11. The summed E-state index contributed by atoms with van der Waals surface area (Å²) in [5.41, 5.74) is -0.629. The quantitative estimate of drug-likeness (QED) is 0.674. The highest BCUT2D eigenvalue weighted by Gasteiger charge is 2.42. The third-order valence-corrected chi connectivity index (χ3v) is 4.69. The van der Waals surface area contributed by atoms with Crippen molar-refractivity contribution in [3.8, 4) is 0 Å². The molecule has 1 aromatic carbocycles. The van der Waals surface area contributed by atoms with Crippen molar-refractivity contribution in [2.75, 3.05) is 49.3 Å². The van der Waals surface area contributed by atoms with Gasteiger partial charge in [0.2, 0.25) is 0 Å². The lowest BCUT2D eigenvalue weighted by atomic mass is 10.1. The SMILES string of the molecule is CC1(CNC(=O)CF)CN(c2ccc(N3C=NN(C(=O)CO)CC3)c(F)c2)C(=O)O1. The number of benzene rings is 1. The summed E-state index contributed by atoms with van der Waals surface area (Å²) in [6.45, 7) is 0.154. The predicted octanol–water partition coefficient (Wildman–Crippen LogP) is 0.211. The van der Waals surface area contributed by atoms with Crippen LogP contribution in [-0.2, 0) is 14.3 Å². The van der Waals surface area contributed by atoms with Crippen LogP contribution in [0.1, 0.15) is 6.92 Å². The number of nitrogens with zero attached hydrogens (tertiary/aromatic N) is 4. The number of ether oxygens (including phenoxy) is 1. The van der Waals surface area contributed by atoms with Crippen LogP contribution in [0.15, 0.2) is 23.3 Å². The summed E-state index contributed by atoms with van der Waals surface area (Å²) in [7, 11) is 0. The Hall–Kier alpha value is -3.28. The molecule has 1 unspecified atom stereocenters. The first-order chi connectivity index (χ1) is 14.3. The van der Waals surface area contributed by atoms with Crippen molar-refractivity contribution in [1.82, 2.24) is 10.3 Å². The predicted molar refractivity (Wildman–Crippen MR) is 102 cm³/mol. The molecule has 1 fully saturated rings. The van der Waals surface area contributed by atoms with Crippen LogP contribution >= 0.6 is 0 Å². The van der Waals surface area contributed by atoms with E-state index in [1.807, 2.05) is 0 Å². The van der Waals surface area contributed by atoms with Gasteiger partial charge in [0.05, 0.1) is 31.0 Å². The molecule has 0 spiro atoms. The Morgan fingerprint density at radius 3 is 2.73 bits per heavy atom. The van der Waals surface area contributed by atoms with Crippen molar-refractivity contribution in [3.63, 3.8) is 0 Å². The Morgan fingerprint density at radius 1 is 1.37 bits per heavy atom. The molecule has 0 radical (unpaired) electrons. The van der Waals surface area contributed by atoms with Crippen molar-refractivity contribution >= 4 is 35.6 Å². The van der Waals surface area contributed by atoms with E-state index >= 15 is 0 Å². The molecule has 2 N–H and O–H groups in total. The smallest absolute Gasteiger partial charge is 0.415 e. The minimum Gasteiger partial charge on any atom is -0.439 e. The van der Waals surface area contributed by atoms with Crippen LogP contribution < -0.4 is 15.1 Å². The molecule has 1 aromatic rings. The van der Waals surface area contributed by atoms with E-state index in [0.717, 1.165) is 5.01 Å². The van der Waals surface area contributed by atoms with Gasteiger partial charge in [0.25, 0.3) is 11.8 Å². The summed E-state index contributed by atoms with van der Waals surface area (Å²) in [5, 5.41) is 16.2. The molecule has 2 aliphatic rings. The van der Waals surface area contributed by atoms with Gasteiger partial charge in [0.1, 0.15) is 24.4 Å². The lowest BCUT2D eigenvalue weighted by molar-refractivity contribution is -0.134. The molecule has 2 aliphatic heterocycles. The van der Waals surface area contributed by atoms with Crippen LogP contribution in [0.2, 0.25) is 0 Å². The fourth-order valence-electron chi connectivity index (χ4n) is 3.11. The third-order valence-electron chi connectivity index (χ3n) is 4.69. The zero-order valence-corrected chi connectivity index (χ0v) is 16.2. The van der Waals surface area contributed by atoms with Crippen LogP contribution in [-0.4, -0.2) is 79.4 Å². The number of nitrogens with one attached hydrogen (secondary N) is 1. The van der Waals surface area contributed by atoms with Crippen molar-refractivity contribution in [3.05, 3.63) is 24.0 Å². The van der Waals surface area contributed by atoms with Gasteiger partial charge in [-0.25, -0.2) is 18.6 Å². The maximum absolute atomic E-state index is 14.7. The number of aliphatic hydroxyl groups excluding tert-OH is 1. The van der Waals surface area contributed by atoms with E-state index in [1.165, 1.54) is 34.3 Å². The third kappa shape index (κ3) is 4.48. The number of cyclic esters (lactones) is 1. The molecule has 0 saturated carbocycles. The monoisotopic (exact) mass is 425 g/mol. The van der Waals surface area contributed by atoms with Crippen molar-refractivity contribution in [2.45, 2.75) is 12.5 Å². The molecular formula is C18H21F2N5O5. The van der Waals surface area contributed by atoms with Gasteiger partial charge in [-0.15, -0.1) is 0 Å². The molecule has 0 aromatic heterocycles. The van der Waals surface area contributed by atoms with Gasteiger partial charge in [-0.2, -0.15) is 5.10 Å². The van der Waals surface area contributed by atoms with Gasteiger partial charge >= 0.3 is 6.09 Å². The highest BCUT2D eigenvalue weighted by Crippen LogP contribution is 2.31. The number of halogens is 2. The average molecular weight is 425 g/mol. The fourth-order valence-corrected chi connectivity index (χ4v) is 3.11. The van der Waals surface area contributed by atoms with E-state index in [0.29, 0.717) is 0 Å². The van der Waals surface area contributed by atoms with Crippen LogP contribution in [0.4, 0.5) is 25.0 Å². The Bertz CT molecular complexity index is 883. The van der Waals surface area contributed by atoms with Gasteiger partial charge in [0.15, 0.2) is 6.67 Å². The van der Waals surface area contributed by atoms with Crippen LogP contribution in [0.25, 0.3) is 0 Å². The number of alkyl halides is 1. The summed E-state index contributed by atoms with van der Waals surface area (Å²) >= 11 is 0. The molecule has 30 heavy (non-hydrogen) atoms. The zero-order chi connectivity index (χ0) is 21.9. The van der Waals surface area contributed by atoms with Crippen LogP contribution in [0.3, 0.4) is 0 Å². The second-order valence-electron chi connectivity index (χ2n) is 7.05. The van der Waals surface area contributed by atoms with E-state index in [9.17, 15) is 23.2 Å². The van der Waals surface area contributed by atoms with Gasteiger partial charge in [-0.3, -0.25) is 14.5 Å². The lowest BCUT2D eigenvalue weighted by Crippen LogP contribution is -2.44. The highest BCUT2D eigenvalue weighted by atomic mass is 19.1. The second kappa shape index (κ2) is 8.61. The topological polar surface area (TPSA) is 115 Å². The standard InChI is InChI=1S/C18H21F2N5O5/c1-18(9-21-15(27)7-19)10-24(17(29)30-18)12-2-3-14(13(20)6-12)23-4-5-25(22-11-23)16(28)8-26/h2-3,6,11,26H,4-5,7-10H2,1H3,(H,21,27). The lowest BCUT2D eigenvalue weighted by Gasteiger charge is -2.29. The number of aliphatic hydroxyl groups is 1. The molecule has 1 atom stereocenters. The Labute approximate surface area is 170 Å². The first kappa shape index (κ1) is 21.4. The van der Waals surface area contributed by atoms with Crippen LogP contribution in [0.5, 0.6) is 0 Å². The normalized spacial score (nSPS) is 21.1. The van der Waals surface area contributed by atoms with Gasteiger partial charge in [0, 0.05) is 6.54 Å². The summed E-state index contributed by atoms with van der Waals surface area (Å²) in [6.07, 6.45) is 0.570. The van der Waals surface area contributed by atoms with Crippen molar-refractivity contribution in [1.29, 1.82) is 0 Å². The molecule has 162 valence electrons. The molecule has 12 heteroatoms. The number of hydrogen-bond acceptors (Lipinski definition) is 7. The second-order valence-corrected chi connectivity index (χ2v) is 7.05. The fraction of sp³-hybridized carbons (Fsp3) is 0.444. The highest BCUT2D eigenvalue weighted by molar-refractivity contribution is 5.91. The maximum atomic E-state index is 14.7. The molecule has 10 nitrogen and oxygen atoms in total. The van der Waals surface area contributed by atoms with E-state index in [4.69, 9.17) is 9.84 Å².